The van der Waals surface area contributed by atoms with Crippen LogP contribution in [0.2, 0.25) is 0 Å². The third kappa shape index (κ3) is 6.24. The number of aromatic nitrogens is 1. The fourth-order valence-corrected chi connectivity index (χ4v) is 3.26. The number of nitrogens with zero attached hydrogens (tertiary/aromatic N) is 3. The number of pyridine rings is 1. The Labute approximate surface area is 189 Å². The highest BCUT2D eigenvalue weighted by atomic mass is 16.6. The van der Waals surface area contributed by atoms with Crippen LogP contribution in [0.4, 0.5) is 10.5 Å². The second-order valence-electron chi connectivity index (χ2n) is 8.37. The molecule has 168 valence electrons. The normalized spacial score (nSPS) is 13.8. The third-order valence-electron chi connectivity index (χ3n) is 4.79. The summed E-state index contributed by atoms with van der Waals surface area (Å²) in [6.45, 7) is 10.0. The first-order chi connectivity index (χ1) is 15.3. The van der Waals surface area contributed by atoms with Crippen LogP contribution >= 0.6 is 0 Å². The molecule has 2 aromatic rings. The third-order valence-corrected chi connectivity index (χ3v) is 4.79. The van der Waals surface area contributed by atoms with Gasteiger partial charge in [-0.25, -0.2) is 14.6 Å². The lowest BCUT2D eigenvalue weighted by Gasteiger charge is -2.36. The van der Waals surface area contributed by atoms with Gasteiger partial charge in [-0.15, -0.1) is 0 Å². The standard InChI is InChI=1S/C25H29N3O4/c1-5-31-23(29)22-18-21(12-10-19(22)9-11-20-8-6-7-13-26-20)27-14-16-28(17-15-27)24(30)32-25(2,3)4/h6-8,10,12-13,18H,5,14-17H2,1-4H3. The van der Waals surface area contributed by atoms with Gasteiger partial charge in [-0.05, 0) is 63.9 Å². The molecule has 7 heteroatoms. The van der Waals surface area contributed by atoms with E-state index in [4.69, 9.17) is 9.47 Å². The molecule has 1 fully saturated rings. The van der Waals surface area contributed by atoms with Gasteiger partial charge in [0.2, 0.25) is 0 Å². The molecule has 0 aliphatic carbocycles. The lowest BCUT2D eigenvalue weighted by Crippen LogP contribution is -2.50. The molecule has 1 amide bonds. The predicted octanol–water partition coefficient (Wildman–Crippen LogP) is 3.72. The summed E-state index contributed by atoms with van der Waals surface area (Å²) in [6, 6.07) is 11.1. The molecule has 1 aliphatic rings. The summed E-state index contributed by atoms with van der Waals surface area (Å²) >= 11 is 0. The van der Waals surface area contributed by atoms with Crippen LogP contribution in [0.1, 0.15) is 49.3 Å². The number of hydrogen-bond donors (Lipinski definition) is 0. The van der Waals surface area contributed by atoms with Crippen LogP contribution in [0, 0.1) is 11.8 Å². The Kier molecular flexibility index (Phi) is 7.37. The molecule has 1 aromatic carbocycles. The molecule has 1 saturated heterocycles. The first kappa shape index (κ1) is 23.1. The number of rotatable bonds is 3. The zero-order valence-corrected chi connectivity index (χ0v) is 19.1. The van der Waals surface area contributed by atoms with E-state index in [9.17, 15) is 9.59 Å². The molecule has 0 atom stereocenters. The van der Waals surface area contributed by atoms with Gasteiger partial charge in [-0.3, -0.25) is 0 Å². The minimum absolute atomic E-state index is 0.282. The van der Waals surface area contributed by atoms with Crippen LogP contribution in [0.5, 0.6) is 0 Å². The molecular weight excluding hydrogens is 406 g/mol. The van der Waals surface area contributed by atoms with Crippen molar-refractivity contribution in [3.05, 3.63) is 59.4 Å². The van der Waals surface area contributed by atoms with Crippen molar-refractivity contribution in [3.63, 3.8) is 0 Å². The SMILES string of the molecule is CCOC(=O)c1cc(N2CCN(C(=O)OC(C)(C)C)CC2)ccc1C#Cc1ccccn1. The number of ether oxygens (including phenoxy) is 2. The van der Waals surface area contributed by atoms with Gasteiger partial charge in [0.15, 0.2) is 0 Å². The molecule has 2 heterocycles. The number of piperazine rings is 1. The van der Waals surface area contributed by atoms with Gasteiger partial charge in [0, 0.05) is 43.6 Å². The van der Waals surface area contributed by atoms with E-state index >= 15 is 0 Å². The lowest BCUT2D eigenvalue weighted by atomic mass is 10.1. The Balaban J connectivity index is 1.77. The van der Waals surface area contributed by atoms with Crippen LogP contribution in [0.25, 0.3) is 0 Å². The first-order valence-electron chi connectivity index (χ1n) is 10.7. The number of anilines is 1. The number of hydrogen-bond acceptors (Lipinski definition) is 6. The molecule has 0 saturated carbocycles. The van der Waals surface area contributed by atoms with Crippen LogP contribution in [0.15, 0.2) is 42.6 Å². The molecule has 0 bridgehead atoms. The maximum Gasteiger partial charge on any atom is 0.410 e. The van der Waals surface area contributed by atoms with E-state index in [1.165, 1.54) is 0 Å². The van der Waals surface area contributed by atoms with Crippen molar-refractivity contribution in [1.29, 1.82) is 0 Å². The van der Waals surface area contributed by atoms with Crippen LogP contribution < -0.4 is 4.90 Å². The minimum atomic E-state index is -0.519. The summed E-state index contributed by atoms with van der Waals surface area (Å²) < 4.78 is 10.7. The summed E-state index contributed by atoms with van der Waals surface area (Å²) in [5, 5.41) is 0. The van der Waals surface area contributed by atoms with Crippen molar-refractivity contribution in [1.82, 2.24) is 9.88 Å². The largest absolute Gasteiger partial charge is 0.462 e. The van der Waals surface area contributed by atoms with Crippen molar-refractivity contribution < 1.29 is 19.1 Å². The zero-order valence-electron chi connectivity index (χ0n) is 19.1. The monoisotopic (exact) mass is 435 g/mol. The summed E-state index contributed by atoms with van der Waals surface area (Å²) in [5.74, 6) is 5.62. The van der Waals surface area contributed by atoms with Crippen molar-refractivity contribution in [3.8, 4) is 11.8 Å². The van der Waals surface area contributed by atoms with Gasteiger partial charge < -0.3 is 19.3 Å². The molecule has 7 nitrogen and oxygen atoms in total. The number of carbonyl (C=O) groups excluding carboxylic acids is 2. The molecule has 0 spiro atoms. The molecule has 0 N–H and O–H groups in total. The van der Waals surface area contributed by atoms with Crippen molar-refractivity contribution >= 4 is 17.7 Å². The van der Waals surface area contributed by atoms with Crippen LogP contribution in [-0.2, 0) is 9.47 Å². The Bertz CT molecular complexity index is 1010. The second kappa shape index (κ2) is 10.2. The smallest absolute Gasteiger partial charge is 0.410 e. The average Bonchev–Trinajstić information content (AvgIpc) is 2.77. The first-order valence-corrected chi connectivity index (χ1v) is 10.7. The highest BCUT2D eigenvalue weighted by Gasteiger charge is 2.26. The Hall–Kier alpha value is -3.53. The van der Waals surface area contributed by atoms with Gasteiger partial charge in [0.1, 0.15) is 11.3 Å². The minimum Gasteiger partial charge on any atom is -0.462 e. The van der Waals surface area contributed by atoms with Crippen molar-refractivity contribution in [2.24, 2.45) is 0 Å². The average molecular weight is 436 g/mol. The number of benzene rings is 1. The topological polar surface area (TPSA) is 72.0 Å². The Morgan fingerprint density at radius 3 is 2.44 bits per heavy atom. The number of carbonyl (C=O) groups is 2. The zero-order chi connectivity index (χ0) is 23.1. The summed E-state index contributed by atoms with van der Waals surface area (Å²) in [7, 11) is 0. The fraction of sp³-hybridized carbons (Fsp3) is 0.400. The highest BCUT2D eigenvalue weighted by molar-refractivity contribution is 5.93. The van der Waals surface area contributed by atoms with Crippen LogP contribution in [0.3, 0.4) is 0 Å². The quantitative estimate of drug-likeness (QED) is 0.541. The van der Waals surface area contributed by atoms with E-state index in [1.807, 2.05) is 57.2 Å². The van der Waals surface area contributed by atoms with Gasteiger partial charge >= 0.3 is 12.1 Å². The molecular formula is C25H29N3O4. The molecule has 1 aliphatic heterocycles. The lowest BCUT2D eigenvalue weighted by molar-refractivity contribution is 0.0240. The van der Waals surface area contributed by atoms with E-state index in [2.05, 4.69) is 21.7 Å². The van der Waals surface area contributed by atoms with E-state index < -0.39 is 11.6 Å². The second-order valence-corrected chi connectivity index (χ2v) is 8.37. The van der Waals surface area contributed by atoms with Gasteiger partial charge in [-0.1, -0.05) is 12.0 Å². The maximum absolute atomic E-state index is 12.6. The van der Waals surface area contributed by atoms with E-state index in [1.54, 1.807) is 18.0 Å². The number of esters is 1. The van der Waals surface area contributed by atoms with Gasteiger partial charge in [0.05, 0.1) is 12.2 Å². The predicted molar refractivity (Wildman–Crippen MR) is 123 cm³/mol. The van der Waals surface area contributed by atoms with E-state index in [0.29, 0.717) is 43.0 Å². The Morgan fingerprint density at radius 1 is 1.06 bits per heavy atom. The summed E-state index contributed by atoms with van der Waals surface area (Å²) in [6.07, 6.45) is 1.38. The summed E-state index contributed by atoms with van der Waals surface area (Å²) in [5.41, 5.74) is 2.01. The molecule has 3 rings (SSSR count). The molecule has 0 unspecified atom stereocenters. The van der Waals surface area contributed by atoms with E-state index in [0.717, 1.165) is 5.69 Å². The molecule has 1 aromatic heterocycles. The molecule has 32 heavy (non-hydrogen) atoms. The van der Waals surface area contributed by atoms with E-state index in [-0.39, 0.29) is 12.7 Å². The Morgan fingerprint density at radius 2 is 1.81 bits per heavy atom. The summed E-state index contributed by atoms with van der Waals surface area (Å²) in [4.78, 5) is 32.9. The number of amides is 1. The van der Waals surface area contributed by atoms with Crippen molar-refractivity contribution in [2.45, 2.75) is 33.3 Å². The van der Waals surface area contributed by atoms with Crippen LogP contribution in [-0.4, -0.2) is 60.3 Å². The van der Waals surface area contributed by atoms with Gasteiger partial charge in [-0.2, -0.15) is 0 Å². The fourth-order valence-electron chi connectivity index (χ4n) is 3.26. The van der Waals surface area contributed by atoms with Gasteiger partial charge in [0.25, 0.3) is 0 Å². The maximum atomic E-state index is 12.6. The molecule has 0 radical (unpaired) electrons. The van der Waals surface area contributed by atoms with Crippen molar-refractivity contribution in [2.75, 3.05) is 37.7 Å². The highest BCUT2D eigenvalue weighted by Crippen LogP contribution is 2.22.